The summed E-state index contributed by atoms with van der Waals surface area (Å²) in [4.78, 5) is 12.3. The molecule has 28 heavy (non-hydrogen) atoms. The van der Waals surface area contributed by atoms with Crippen LogP contribution in [0.1, 0.15) is 28.8 Å². The van der Waals surface area contributed by atoms with Gasteiger partial charge in [-0.2, -0.15) is 4.31 Å². The molecule has 0 atom stereocenters. The molecule has 1 aliphatic rings. The maximum absolute atomic E-state index is 13.0. The summed E-state index contributed by atoms with van der Waals surface area (Å²) in [6.07, 6.45) is 3.62. The largest absolute Gasteiger partial charge is 0.497 e. The fourth-order valence-corrected chi connectivity index (χ4v) is 4.15. The normalized spacial score (nSPS) is 13.9. The Labute approximate surface area is 165 Å². The number of amides is 1. The molecule has 2 aromatic carbocycles. The minimum Gasteiger partial charge on any atom is -0.497 e. The van der Waals surface area contributed by atoms with Crippen LogP contribution in [0.25, 0.3) is 0 Å². The lowest BCUT2D eigenvalue weighted by molar-refractivity contribution is 0.0951. The standard InChI is InChI=1S/C21H24N2O4S/c1-3-14-23(28(25,26)20-12-10-19(27-2)11-13-20)15-16-4-6-17(7-5-16)21(24)22-18-8-9-18/h3-7,10-13,18H,1,8-9,14-15H2,2H3,(H,22,24). The van der Waals surface area contributed by atoms with E-state index in [1.54, 1.807) is 42.5 Å². The zero-order chi connectivity index (χ0) is 20.1. The number of sulfonamides is 1. The van der Waals surface area contributed by atoms with Gasteiger partial charge in [-0.15, -0.1) is 6.58 Å². The first kappa shape index (κ1) is 20.1. The zero-order valence-electron chi connectivity index (χ0n) is 15.8. The van der Waals surface area contributed by atoms with Crippen LogP contribution in [0.2, 0.25) is 0 Å². The van der Waals surface area contributed by atoms with Crippen molar-refractivity contribution in [3.63, 3.8) is 0 Å². The van der Waals surface area contributed by atoms with Gasteiger partial charge in [0.05, 0.1) is 12.0 Å². The molecular weight excluding hydrogens is 376 g/mol. The number of nitrogens with zero attached hydrogens (tertiary/aromatic N) is 1. The number of nitrogens with one attached hydrogen (secondary N) is 1. The molecule has 1 fully saturated rings. The van der Waals surface area contributed by atoms with Crippen molar-refractivity contribution in [2.45, 2.75) is 30.3 Å². The molecule has 3 rings (SSSR count). The van der Waals surface area contributed by atoms with Crippen LogP contribution < -0.4 is 10.1 Å². The molecule has 2 aromatic rings. The summed E-state index contributed by atoms with van der Waals surface area (Å²) in [5, 5.41) is 2.94. The molecule has 0 saturated heterocycles. The smallest absolute Gasteiger partial charge is 0.251 e. The molecule has 1 aliphatic carbocycles. The van der Waals surface area contributed by atoms with Gasteiger partial charge in [0.1, 0.15) is 5.75 Å². The van der Waals surface area contributed by atoms with E-state index in [9.17, 15) is 13.2 Å². The lowest BCUT2D eigenvalue weighted by Gasteiger charge is -2.21. The van der Waals surface area contributed by atoms with E-state index in [0.717, 1.165) is 18.4 Å². The Kier molecular flexibility index (Phi) is 6.16. The van der Waals surface area contributed by atoms with E-state index < -0.39 is 10.0 Å². The molecular formula is C21H24N2O4S. The SMILES string of the molecule is C=CCN(Cc1ccc(C(=O)NC2CC2)cc1)S(=O)(=O)c1ccc(OC)cc1. The van der Waals surface area contributed by atoms with E-state index in [4.69, 9.17) is 4.74 Å². The van der Waals surface area contributed by atoms with Crippen LogP contribution in [-0.4, -0.2) is 38.3 Å². The first-order valence-corrected chi connectivity index (χ1v) is 10.5. The maximum Gasteiger partial charge on any atom is 0.251 e. The number of hydrogen-bond acceptors (Lipinski definition) is 4. The Morgan fingerprint density at radius 3 is 2.36 bits per heavy atom. The zero-order valence-corrected chi connectivity index (χ0v) is 16.6. The van der Waals surface area contributed by atoms with Gasteiger partial charge in [0.15, 0.2) is 0 Å². The summed E-state index contributed by atoms with van der Waals surface area (Å²) in [5.41, 5.74) is 1.37. The topological polar surface area (TPSA) is 75.7 Å². The minimum atomic E-state index is -3.69. The Morgan fingerprint density at radius 1 is 1.18 bits per heavy atom. The summed E-state index contributed by atoms with van der Waals surface area (Å²) < 4.78 is 32.4. The van der Waals surface area contributed by atoms with Crippen molar-refractivity contribution in [3.05, 3.63) is 72.3 Å². The molecule has 0 spiro atoms. The third-order valence-corrected chi connectivity index (χ3v) is 6.34. The van der Waals surface area contributed by atoms with Crippen molar-refractivity contribution in [2.75, 3.05) is 13.7 Å². The molecule has 1 N–H and O–H groups in total. The van der Waals surface area contributed by atoms with E-state index >= 15 is 0 Å². The van der Waals surface area contributed by atoms with Crippen LogP contribution in [-0.2, 0) is 16.6 Å². The quantitative estimate of drug-likeness (QED) is 0.657. The van der Waals surface area contributed by atoms with E-state index in [2.05, 4.69) is 11.9 Å². The fourth-order valence-electron chi connectivity index (χ4n) is 2.75. The second-order valence-electron chi connectivity index (χ2n) is 6.71. The Hall–Kier alpha value is -2.64. The van der Waals surface area contributed by atoms with Gasteiger partial charge in [0.2, 0.25) is 10.0 Å². The van der Waals surface area contributed by atoms with Crippen LogP contribution in [0.15, 0.2) is 66.1 Å². The van der Waals surface area contributed by atoms with E-state index in [1.165, 1.54) is 23.5 Å². The van der Waals surface area contributed by atoms with Crippen LogP contribution >= 0.6 is 0 Å². The third kappa shape index (κ3) is 4.79. The number of carbonyl (C=O) groups excluding carboxylic acids is 1. The van der Waals surface area contributed by atoms with Crippen LogP contribution in [0, 0.1) is 0 Å². The van der Waals surface area contributed by atoms with Gasteiger partial charge >= 0.3 is 0 Å². The predicted molar refractivity (Wildman–Crippen MR) is 108 cm³/mol. The highest BCUT2D eigenvalue weighted by Gasteiger charge is 2.25. The van der Waals surface area contributed by atoms with E-state index in [0.29, 0.717) is 17.4 Å². The highest BCUT2D eigenvalue weighted by atomic mass is 32.2. The van der Waals surface area contributed by atoms with Crippen LogP contribution in [0.5, 0.6) is 5.75 Å². The first-order chi connectivity index (χ1) is 13.4. The molecule has 148 valence electrons. The number of carbonyl (C=O) groups is 1. The molecule has 0 unspecified atom stereocenters. The molecule has 0 aromatic heterocycles. The Morgan fingerprint density at radius 2 is 1.82 bits per heavy atom. The number of benzene rings is 2. The molecule has 0 aliphatic heterocycles. The highest BCUT2D eigenvalue weighted by Crippen LogP contribution is 2.22. The minimum absolute atomic E-state index is 0.0946. The summed E-state index contributed by atoms with van der Waals surface area (Å²) >= 11 is 0. The molecule has 7 heteroatoms. The molecule has 0 radical (unpaired) electrons. The van der Waals surface area contributed by atoms with Gasteiger partial charge in [-0.05, 0) is 54.8 Å². The van der Waals surface area contributed by atoms with Crippen LogP contribution in [0.4, 0.5) is 0 Å². The van der Waals surface area contributed by atoms with Crippen molar-refractivity contribution in [1.82, 2.24) is 9.62 Å². The molecule has 6 nitrogen and oxygen atoms in total. The van der Waals surface area contributed by atoms with Gasteiger partial charge in [-0.3, -0.25) is 4.79 Å². The van der Waals surface area contributed by atoms with Crippen molar-refractivity contribution in [2.24, 2.45) is 0 Å². The second-order valence-corrected chi connectivity index (χ2v) is 8.64. The van der Waals surface area contributed by atoms with Gasteiger partial charge < -0.3 is 10.1 Å². The average molecular weight is 401 g/mol. The molecule has 0 bridgehead atoms. The van der Waals surface area contributed by atoms with Crippen LogP contribution in [0.3, 0.4) is 0 Å². The monoisotopic (exact) mass is 400 g/mol. The Bertz CT molecular complexity index is 933. The van der Waals surface area contributed by atoms with Gasteiger partial charge in [0.25, 0.3) is 5.91 Å². The maximum atomic E-state index is 13.0. The van der Waals surface area contributed by atoms with Gasteiger partial charge in [0, 0.05) is 24.7 Å². The van der Waals surface area contributed by atoms with Gasteiger partial charge in [-0.1, -0.05) is 18.2 Å². The molecule has 1 amide bonds. The fraction of sp³-hybridized carbons (Fsp3) is 0.286. The van der Waals surface area contributed by atoms with Crippen molar-refractivity contribution >= 4 is 15.9 Å². The summed E-state index contributed by atoms with van der Waals surface area (Å²) in [5.74, 6) is 0.497. The van der Waals surface area contributed by atoms with Gasteiger partial charge in [-0.25, -0.2) is 8.42 Å². The molecule has 1 saturated carbocycles. The summed E-state index contributed by atoms with van der Waals surface area (Å²) in [6, 6.07) is 13.6. The number of ether oxygens (including phenoxy) is 1. The predicted octanol–water partition coefficient (Wildman–Crippen LogP) is 2.96. The van der Waals surface area contributed by atoms with Crippen molar-refractivity contribution < 1.29 is 17.9 Å². The first-order valence-electron chi connectivity index (χ1n) is 9.09. The second kappa shape index (κ2) is 8.58. The number of rotatable bonds is 9. The Balaban J connectivity index is 1.75. The summed E-state index contributed by atoms with van der Waals surface area (Å²) in [6.45, 7) is 4.03. The lowest BCUT2D eigenvalue weighted by Crippen LogP contribution is -2.31. The number of methoxy groups -OCH3 is 1. The van der Waals surface area contributed by atoms with Crippen molar-refractivity contribution in [3.8, 4) is 5.75 Å². The van der Waals surface area contributed by atoms with E-state index in [-0.39, 0.29) is 23.9 Å². The molecule has 0 heterocycles. The van der Waals surface area contributed by atoms with Crippen molar-refractivity contribution in [1.29, 1.82) is 0 Å². The van der Waals surface area contributed by atoms with E-state index in [1.807, 2.05) is 0 Å². The number of hydrogen-bond donors (Lipinski definition) is 1. The third-order valence-electron chi connectivity index (χ3n) is 4.52. The average Bonchev–Trinajstić information content (AvgIpc) is 3.52. The highest BCUT2D eigenvalue weighted by molar-refractivity contribution is 7.89. The lowest BCUT2D eigenvalue weighted by atomic mass is 10.1. The summed E-state index contributed by atoms with van der Waals surface area (Å²) in [7, 11) is -2.16.